The monoisotopic (exact) mass is 421 g/mol. The Balaban J connectivity index is 1.74. The Kier molecular flexibility index (Phi) is 5.31. The summed E-state index contributed by atoms with van der Waals surface area (Å²) in [6.07, 6.45) is 0.960. The lowest BCUT2D eigenvalue weighted by atomic mass is 10.0. The summed E-state index contributed by atoms with van der Waals surface area (Å²) in [5, 5.41) is 13.5. The van der Waals surface area contributed by atoms with Crippen LogP contribution in [-0.4, -0.2) is 46.3 Å². The van der Waals surface area contributed by atoms with Crippen molar-refractivity contribution in [2.75, 3.05) is 25.5 Å². The van der Waals surface area contributed by atoms with Crippen LogP contribution in [0.4, 0.5) is 19.0 Å². The van der Waals surface area contributed by atoms with E-state index in [0.717, 1.165) is 48.8 Å². The molecule has 3 aromatic rings. The van der Waals surface area contributed by atoms with Gasteiger partial charge in [-0.25, -0.2) is 0 Å². The molecule has 29 heavy (non-hydrogen) atoms. The van der Waals surface area contributed by atoms with Gasteiger partial charge in [-0.1, -0.05) is 17.7 Å². The minimum Gasteiger partial charge on any atom is -0.364 e. The van der Waals surface area contributed by atoms with Gasteiger partial charge in [-0.3, -0.25) is 4.98 Å². The first-order valence-corrected chi connectivity index (χ1v) is 9.63. The van der Waals surface area contributed by atoms with Crippen LogP contribution in [0.25, 0.3) is 22.0 Å². The van der Waals surface area contributed by atoms with Gasteiger partial charge in [0.1, 0.15) is 5.69 Å². The van der Waals surface area contributed by atoms with Crippen molar-refractivity contribution < 1.29 is 13.2 Å². The molecule has 1 aliphatic heterocycles. The number of piperidine rings is 1. The normalized spacial score (nSPS) is 18.2. The van der Waals surface area contributed by atoms with Crippen LogP contribution in [0.1, 0.15) is 18.4 Å². The second kappa shape index (κ2) is 7.76. The number of rotatable bonds is 3. The van der Waals surface area contributed by atoms with Crippen LogP contribution in [-0.2, 0) is 6.18 Å². The Morgan fingerprint density at radius 1 is 1.17 bits per heavy atom. The summed E-state index contributed by atoms with van der Waals surface area (Å²) in [5.41, 5.74) is 0.0182. The largest absolute Gasteiger partial charge is 0.416 e. The van der Waals surface area contributed by atoms with E-state index < -0.39 is 11.7 Å². The number of pyridine rings is 1. The summed E-state index contributed by atoms with van der Waals surface area (Å²) in [5.74, 6) is 0.611. The van der Waals surface area contributed by atoms with Crippen molar-refractivity contribution in [3.63, 3.8) is 0 Å². The smallest absolute Gasteiger partial charge is 0.364 e. The number of hydrogen-bond acceptors (Lipinski definition) is 5. The van der Waals surface area contributed by atoms with Gasteiger partial charge >= 0.3 is 6.18 Å². The molecule has 3 heterocycles. The number of benzene rings is 1. The van der Waals surface area contributed by atoms with Gasteiger partial charge in [0.15, 0.2) is 5.82 Å². The van der Waals surface area contributed by atoms with E-state index >= 15 is 0 Å². The summed E-state index contributed by atoms with van der Waals surface area (Å²) >= 11 is 6.18. The Hall–Kier alpha value is -2.45. The Morgan fingerprint density at radius 2 is 2.00 bits per heavy atom. The number of likely N-dealkylation sites (N-methyl/N-ethyl adjacent to an activating group) is 1. The Bertz CT molecular complexity index is 1040. The lowest BCUT2D eigenvalue weighted by Gasteiger charge is -2.30. The molecule has 1 aromatic carbocycles. The van der Waals surface area contributed by atoms with Crippen LogP contribution in [0.3, 0.4) is 0 Å². The van der Waals surface area contributed by atoms with Gasteiger partial charge in [-0.2, -0.15) is 13.2 Å². The number of hydrogen-bond donors (Lipinski definition) is 1. The van der Waals surface area contributed by atoms with Gasteiger partial charge in [0, 0.05) is 41.3 Å². The first-order valence-electron chi connectivity index (χ1n) is 9.25. The van der Waals surface area contributed by atoms with Crippen LogP contribution in [0.5, 0.6) is 0 Å². The standard InChI is InChI=1S/C20H19ClF3N5/c1-29-8-2-3-13(11-29)26-19-16-10-25-7-6-14(16)18(27-28-19)15-5-4-12(9-17(15)21)20(22,23)24/h4-7,9-10,13H,2-3,8,11H2,1H3,(H,26,28)/t13-/m1/s1. The average molecular weight is 422 g/mol. The third kappa shape index (κ3) is 4.13. The fraction of sp³-hybridized carbons (Fsp3) is 0.350. The molecule has 1 N–H and O–H groups in total. The highest BCUT2D eigenvalue weighted by molar-refractivity contribution is 6.33. The maximum Gasteiger partial charge on any atom is 0.416 e. The predicted octanol–water partition coefficient (Wildman–Crippen LogP) is 4.87. The van der Waals surface area contributed by atoms with Gasteiger partial charge < -0.3 is 10.2 Å². The lowest BCUT2D eigenvalue weighted by molar-refractivity contribution is -0.137. The first kappa shape index (κ1) is 19.8. The fourth-order valence-electron chi connectivity index (χ4n) is 3.66. The molecule has 5 nitrogen and oxygen atoms in total. The van der Waals surface area contributed by atoms with Gasteiger partial charge in [0.2, 0.25) is 0 Å². The van der Waals surface area contributed by atoms with Crippen molar-refractivity contribution in [2.45, 2.75) is 25.1 Å². The van der Waals surface area contributed by atoms with E-state index in [-0.39, 0.29) is 11.1 Å². The molecule has 0 spiro atoms. The van der Waals surface area contributed by atoms with Gasteiger partial charge in [-0.05, 0) is 44.6 Å². The quantitative estimate of drug-likeness (QED) is 0.653. The number of aromatic nitrogens is 3. The number of nitrogens with one attached hydrogen (secondary N) is 1. The average Bonchev–Trinajstić information content (AvgIpc) is 2.68. The van der Waals surface area contributed by atoms with Crippen LogP contribution in [0.2, 0.25) is 5.02 Å². The van der Waals surface area contributed by atoms with E-state index in [0.29, 0.717) is 17.1 Å². The minimum absolute atomic E-state index is 0.0261. The van der Waals surface area contributed by atoms with E-state index in [1.165, 1.54) is 6.07 Å². The van der Waals surface area contributed by atoms with E-state index in [1.807, 2.05) is 0 Å². The zero-order valence-corrected chi connectivity index (χ0v) is 16.4. The minimum atomic E-state index is -4.46. The van der Waals surface area contributed by atoms with Gasteiger partial charge in [-0.15, -0.1) is 10.2 Å². The highest BCUT2D eigenvalue weighted by Crippen LogP contribution is 2.37. The number of fused-ring (bicyclic) bond motifs is 1. The van der Waals surface area contributed by atoms with Crippen molar-refractivity contribution in [2.24, 2.45) is 0 Å². The molecule has 1 aliphatic rings. The predicted molar refractivity (Wildman–Crippen MR) is 107 cm³/mol. The van der Waals surface area contributed by atoms with E-state index in [4.69, 9.17) is 11.6 Å². The molecular weight excluding hydrogens is 403 g/mol. The Labute approximate surface area is 170 Å². The molecule has 0 bridgehead atoms. The molecule has 4 rings (SSSR count). The second-order valence-corrected chi connectivity index (χ2v) is 7.66. The molecular formula is C20H19ClF3N5. The molecule has 0 saturated carbocycles. The zero-order valence-electron chi connectivity index (χ0n) is 15.7. The molecule has 1 fully saturated rings. The molecule has 1 atom stereocenters. The summed E-state index contributed by atoms with van der Waals surface area (Å²) < 4.78 is 38.9. The Morgan fingerprint density at radius 3 is 2.72 bits per heavy atom. The summed E-state index contributed by atoms with van der Waals surface area (Å²) in [6.45, 7) is 1.97. The molecule has 1 saturated heterocycles. The highest BCUT2D eigenvalue weighted by atomic mass is 35.5. The summed E-state index contributed by atoms with van der Waals surface area (Å²) in [7, 11) is 2.08. The molecule has 0 aliphatic carbocycles. The SMILES string of the molecule is CN1CCC[C@@H](Nc2nnc(-c3ccc(C(F)(F)F)cc3Cl)c3ccncc23)C1. The number of halogens is 4. The number of nitrogens with zero attached hydrogens (tertiary/aromatic N) is 4. The maximum absolute atomic E-state index is 13.0. The third-order valence-corrected chi connectivity index (χ3v) is 5.41. The molecule has 9 heteroatoms. The lowest BCUT2D eigenvalue weighted by Crippen LogP contribution is -2.40. The number of likely N-dealkylation sites (tertiary alicyclic amines) is 1. The van der Waals surface area contributed by atoms with Crippen LogP contribution >= 0.6 is 11.6 Å². The fourth-order valence-corrected chi connectivity index (χ4v) is 3.93. The summed E-state index contributed by atoms with van der Waals surface area (Å²) in [4.78, 5) is 6.44. The molecule has 0 amide bonds. The van der Waals surface area contributed by atoms with Gasteiger partial charge in [0.05, 0.1) is 10.6 Å². The highest BCUT2D eigenvalue weighted by Gasteiger charge is 2.31. The first-order chi connectivity index (χ1) is 13.8. The van der Waals surface area contributed by atoms with Crippen molar-refractivity contribution in [3.05, 3.63) is 47.2 Å². The molecule has 152 valence electrons. The maximum atomic E-state index is 13.0. The van der Waals surface area contributed by atoms with Crippen molar-refractivity contribution in [1.82, 2.24) is 20.1 Å². The third-order valence-electron chi connectivity index (χ3n) is 5.10. The second-order valence-electron chi connectivity index (χ2n) is 7.26. The van der Waals surface area contributed by atoms with Crippen LogP contribution in [0, 0.1) is 0 Å². The number of anilines is 1. The van der Waals surface area contributed by atoms with E-state index in [9.17, 15) is 13.2 Å². The van der Waals surface area contributed by atoms with Crippen LogP contribution < -0.4 is 5.32 Å². The molecule has 0 unspecified atom stereocenters. The van der Waals surface area contributed by atoms with Gasteiger partial charge in [0.25, 0.3) is 0 Å². The summed E-state index contributed by atoms with van der Waals surface area (Å²) in [6, 6.07) is 5.26. The molecule has 2 aromatic heterocycles. The van der Waals surface area contributed by atoms with Crippen molar-refractivity contribution in [1.29, 1.82) is 0 Å². The topological polar surface area (TPSA) is 53.9 Å². The van der Waals surface area contributed by atoms with Crippen LogP contribution in [0.15, 0.2) is 36.7 Å². The van der Waals surface area contributed by atoms with Crippen molar-refractivity contribution >= 4 is 28.2 Å². The van der Waals surface area contributed by atoms with E-state index in [1.54, 1.807) is 18.5 Å². The molecule has 0 radical (unpaired) electrons. The number of alkyl halides is 3. The van der Waals surface area contributed by atoms with E-state index in [2.05, 4.69) is 32.4 Å². The van der Waals surface area contributed by atoms with Crippen molar-refractivity contribution in [3.8, 4) is 11.3 Å². The zero-order chi connectivity index (χ0) is 20.6.